The minimum atomic E-state index is -0.540. The van der Waals surface area contributed by atoms with Gasteiger partial charge in [0.1, 0.15) is 6.54 Å². The predicted molar refractivity (Wildman–Crippen MR) is 150 cm³/mol. The number of Topliss-reactive ketones (excluding diaryl/α,β-unsaturated/α-hetero) is 2. The Morgan fingerprint density at radius 1 is 0.732 bits per heavy atom. The molecule has 4 amide bonds. The fourth-order valence-corrected chi connectivity index (χ4v) is 6.51. The first-order valence-corrected chi connectivity index (χ1v) is 13.8. The molecule has 2 unspecified atom stereocenters. The largest absolute Gasteiger partial charge is 0.305 e. The van der Waals surface area contributed by atoms with Gasteiger partial charge >= 0.3 is 0 Å². The molecule has 208 valence electrons. The Balaban J connectivity index is 1.39. The van der Waals surface area contributed by atoms with E-state index in [9.17, 15) is 28.8 Å². The summed E-state index contributed by atoms with van der Waals surface area (Å²) in [6, 6.07) is 13.0. The highest BCUT2D eigenvalue weighted by molar-refractivity contribution is 6.25. The van der Waals surface area contributed by atoms with Crippen molar-refractivity contribution in [2.24, 2.45) is 5.92 Å². The van der Waals surface area contributed by atoms with E-state index >= 15 is 0 Å². The predicted octanol–water partition coefficient (Wildman–Crippen LogP) is 3.64. The minimum Gasteiger partial charge on any atom is -0.305 e. The molecule has 2 aliphatic carbocycles. The molecule has 2 heterocycles. The van der Waals surface area contributed by atoms with Gasteiger partial charge in [0, 0.05) is 28.3 Å². The molecule has 9 heteroatoms. The molecule has 2 atom stereocenters. The lowest BCUT2D eigenvalue weighted by molar-refractivity contribution is -0.123. The van der Waals surface area contributed by atoms with E-state index < -0.39 is 36.2 Å². The van der Waals surface area contributed by atoms with Crippen molar-refractivity contribution in [1.29, 1.82) is 0 Å². The van der Waals surface area contributed by atoms with Crippen LogP contribution in [0.15, 0.2) is 70.8 Å². The van der Waals surface area contributed by atoms with Gasteiger partial charge in [-0.2, -0.15) is 0 Å². The number of ketones is 2. The van der Waals surface area contributed by atoms with E-state index in [-0.39, 0.29) is 40.7 Å². The summed E-state index contributed by atoms with van der Waals surface area (Å²) in [5, 5.41) is 0. The molecule has 2 aromatic carbocycles. The molecule has 0 N–H and O–H groups in total. The van der Waals surface area contributed by atoms with Gasteiger partial charge in [0.15, 0.2) is 11.6 Å². The van der Waals surface area contributed by atoms with E-state index in [4.69, 9.17) is 0 Å². The first-order valence-electron chi connectivity index (χ1n) is 13.8. The first-order chi connectivity index (χ1) is 19.6. The standard InChI is InChI=1S/C32H29N3O6/c1-17-18(2)29(38)23(19(3)28(17)37)15-33-25-12-6-7-13-26(25)35(24-14-8-11-22(24)32(33)41)27(36)16-34-30(39)20-9-4-5-10-21(20)31(34)40/h4-7,9-10,12-13,22,24H,8,11,14-16H2,1-3H3. The number of allylic oxidation sites excluding steroid dienone is 3. The Hall–Kier alpha value is -4.66. The van der Waals surface area contributed by atoms with Crippen LogP contribution in [-0.4, -0.2) is 59.2 Å². The molecular formula is C32H29N3O6. The molecule has 0 bridgehead atoms. The highest BCUT2D eigenvalue weighted by atomic mass is 16.2. The monoisotopic (exact) mass is 551 g/mol. The number of nitrogens with zero attached hydrogens (tertiary/aromatic N) is 3. The quantitative estimate of drug-likeness (QED) is 0.424. The van der Waals surface area contributed by atoms with Crippen LogP contribution in [0.1, 0.15) is 60.7 Å². The molecule has 2 aliphatic heterocycles. The lowest BCUT2D eigenvalue weighted by Gasteiger charge is -2.31. The van der Waals surface area contributed by atoms with Gasteiger partial charge in [-0.1, -0.05) is 30.7 Å². The fourth-order valence-electron chi connectivity index (χ4n) is 6.51. The number of amides is 4. The van der Waals surface area contributed by atoms with Crippen molar-refractivity contribution < 1.29 is 28.8 Å². The molecule has 0 aromatic heterocycles. The van der Waals surface area contributed by atoms with E-state index in [1.165, 1.54) is 4.90 Å². The van der Waals surface area contributed by atoms with Crippen LogP contribution in [0.2, 0.25) is 0 Å². The van der Waals surface area contributed by atoms with Crippen LogP contribution in [-0.2, 0) is 19.2 Å². The second-order valence-corrected chi connectivity index (χ2v) is 11.0. The molecule has 1 saturated carbocycles. The van der Waals surface area contributed by atoms with Gasteiger partial charge in [0.05, 0.1) is 35.0 Å². The Bertz CT molecular complexity index is 1610. The van der Waals surface area contributed by atoms with Gasteiger partial charge in [-0.15, -0.1) is 0 Å². The lowest BCUT2D eigenvalue weighted by Crippen LogP contribution is -2.49. The maximum Gasteiger partial charge on any atom is 0.262 e. The van der Waals surface area contributed by atoms with Crippen molar-refractivity contribution in [3.05, 3.63) is 82.0 Å². The van der Waals surface area contributed by atoms with Crippen LogP contribution in [0.4, 0.5) is 11.4 Å². The van der Waals surface area contributed by atoms with Crippen molar-refractivity contribution in [2.75, 3.05) is 22.9 Å². The molecule has 6 rings (SSSR count). The second kappa shape index (κ2) is 9.76. The third-order valence-electron chi connectivity index (χ3n) is 8.89. The number of carbonyl (C=O) groups excluding carboxylic acids is 6. The molecule has 41 heavy (non-hydrogen) atoms. The summed E-state index contributed by atoms with van der Waals surface area (Å²) in [5.74, 6) is -2.76. The number of hydrogen-bond donors (Lipinski definition) is 0. The molecule has 1 fully saturated rings. The Labute approximate surface area is 237 Å². The van der Waals surface area contributed by atoms with E-state index in [1.807, 2.05) is 0 Å². The third kappa shape index (κ3) is 3.98. The molecule has 9 nitrogen and oxygen atoms in total. The number of carbonyl (C=O) groups is 6. The van der Waals surface area contributed by atoms with Crippen LogP contribution in [0.3, 0.4) is 0 Å². The lowest BCUT2D eigenvalue weighted by atomic mass is 9.85. The maximum absolute atomic E-state index is 14.1. The zero-order valence-electron chi connectivity index (χ0n) is 23.1. The molecule has 0 spiro atoms. The number of hydrogen-bond acceptors (Lipinski definition) is 6. The first kappa shape index (κ1) is 26.6. The van der Waals surface area contributed by atoms with Crippen molar-refractivity contribution in [1.82, 2.24) is 4.90 Å². The van der Waals surface area contributed by atoms with Gasteiger partial charge < -0.3 is 9.80 Å². The van der Waals surface area contributed by atoms with E-state index in [0.29, 0.717) is 47.4 Å². The number of benzene rings is 2. The molecule has 4 aliphatic rings. The average Bonchev–Trinajstić information content (AvgIpc) is 3.52. The Kier molecular flexibility index (Phi) is 6.32. The smallest absolute Gasteiger partial charge is 0.262 e. The topological polar surface area (TPSA) is 112 Å². The number of fused-ring (bicyclic) bond motifs is 3. The zero-order valence-corrected chi connectivity index (χ0v) is 23.1. The number of imide groups is 1. The van der Waals surface area contributed by atoms with E-state index in [0.717, 1.165) is 4.90 Å². The summed E-state index contributed by atoms with van der Waals surface area (Å²) in [7, 11) is 0. The van der Waals surface area contributed by atoms with Crippen molar-refractivity contribution in [2.45, 2.75) is 46.1 Å². The zero-order chi connectivity index (χ0) is 29.2. The van der Waals surface area contributed by atoms with Crippen LogP contribution in [0, 0.1) is 5.92 Å². The van der Waals surface area contributed by atoms with Crippen LogP contribution in [0.5, 0.6) is 0 Å². The summed E-state index contributed by atoms with van der Waals surface area (Å²) < 4.78 is 0. The maximum atomic E-state index is 14.1. The molecule has 0 saturated heterocycles. The van der Waals surface area contributed by atoms with Crippen molar-refractivity contribution in [3.8, 4) is 0 Å². The highest BCUT2D eigenvalue weighted by Gasteiger charge is 2.47. The Morgan fingerprint density at radius 2 is 1.32 bits per heavy atom. The van der Waals surface area contributed by atoms with Gasteiger partial charge in [-0.05, 0) is 57.9 Å². The normalized spacial score (nSPS) is 22.4. The highest BCUT2D eigenvalue weighted by Crippen LogP contribution is 2.43. The van der Waals surface area contributed by atoms with Gasteiger partial charge in [-0.3, -0.25) is 33.7 Å². The summed E-state index contributed by atoms with van der Waals surface area (Å²) >= 11 is 0. The van der Waals surface area contributed by atoms with Gasteiger partial charge in [0.25, 0.3) is 11.8 Å². The second-order valence-electron chi connectivity index (χ2n) is 11.0. The van der Waals surface area contributed by atoms with Crippen LogP contribution < -0.4 is 9.80 Å². The number of rotatable bonds is 4. The number of para-hydroxylation sites is 2. The minimum absolute atomic E-state index is 0.0967. The Morgan fingerprint density at radius 3 is 1.98 bits per heavy atom. The van der Waals surface area contributed by atoms with Crippen molar-refractivity contribution >= 4 is 46.6 Å². The third-order valence-corrected chi connectivity index (χ3v) is 8.89. The fraction of sp³-hybridized carbons (Fsp3) is 0.312. The van der Waals surface area contributed by atoms with Gasteiger partial charge in [-0.25, -0.2) is 0 Å². The SMILES string of the molecule is CC1=C(C)C(=O)C(CN2C(=O)C3CCCC3N(C(=O)CN3C(=O)c4ccccc4C3=O)c3ccccc32)=C(C)C1=O. The summed E-state index contributed by atoms with van der Waals surface area (Å²) in [4.78, 5) is 84.4. The summed E-state index contributed by atoms with van der Waals surface area (Å²) in [6.07, 6.45) is 1.84. The number of anilines is 2. The average molecular weight is 552 g/mol. The summed E-state index contributed by atoms with van der Waals surface area (Å²) in [6.45, 7) is 4.30. The van der Waals surface area contributed by atoms with E-state index in [2.05, 4.69) is 0 Å². The van der Waals surface area contributed by atoms with Gasteiger partial charge in [0.2, 0.25) is 11.8 Å². The molecule has 0 radical (unpaired) electrons. The van der Waals surface area contributed by atoms with Crippen LogP contribution >= 0.6 is 0 Å². The van der Waals surface area contributed by atoms with Crippen molar-refractivity contribution in [3.63, 3.8) is 0 Å². The molecular weight excluding hydrogens is 522 g/mol. The summed E-state index contributed by atoms with van der Waals surface area (Å²) in [5.41, 5.74) is 2.77. The van der Waals surface area contributed by atoms with E-state index in [1.54, 1.807) is 74.2 Å². The van der Waals surface area contributed by atoms with Crippen LogP contribution in [0.25, 0.3) is 0 Å². The molecule has 2 aromatic rings.